The Morgan fingerprint density at radius 1 is 1.21 bits per heavy atom. The predicted octanol–water partition coefficient (Wildman–Crippen LogP) is 4.46. The summed E-state index contributed by atoms with van der Waals surface area (Å²) in [5, 5.41) is 3.07. The molecular weight excluding hydrogens is 244 g/mol. The standard InChI is InChI=1S/C16H23F2N/c1-11(2)12(3)6-5-7-16(19-4)14-9-8-13(17)10-15(14)18/h5-6,8-12,16,19H,7H2,1-4H3/b6-5-. The fourth-order valence-electron chi connectivity index (χ4n) is 1.84. The van der Waals surface area contributed by atoms with Gasteiger partial charge in [-0.05, 0) is 31.4 Å². The first-order chi connectivity index (χ1) is 8.95. The first kappa shape index (κ1) is 15.8. The number of benzene rings is 1. The van der Waals surface area contributed by atoms with Crippen molar-refractivity contribution >= 4 is 0 Å². The maximum absolute atomic E-state index is 13.7. The lowest BCUT2D eigenvalue weighted by atomic mass is 9.96. The van der Waals surface area contributed by atoms with Crippen LogP contribution in [0.4, 0.5) is 8.78 Å². The van der Waals surface area contributed by atoms with Gasteiger partial charge in [0.2, 0.25) is 0 Å². The summed E-state index contributed by atoms with van der Waals surface area (Å²) < 4.78 is 26.6. The van der Waals surface area contributed by atoms with E-state index in [0.29, 0.717) is 23.8 Å². The summed E-state index contributed by atoms with van der Waals surface area (Å²) in [4.78, 5) is 0. The van der Waals surface area contributed by atoms with Crippen LogP contribution in [0.1, 0.15) is 38.8 Å². The molecule has 0 bridgehead atoms. The Hall–Kier alpha value is -1.22. The third kappa shape index (κ3) is 4.75. The number of allylic oxidation sites excluding steroid dienone is 1. The van der Waals surface area contributed by atoms with Gasteiger partial charge in [-0.1, -0.05) is 39.0 Å². The molecule has 0 aliphatic heterocycles. The SMILES string of the molecule is CNC(C/C=C\C(C)C(C)C)c1ccc(F)cc1F. The molecule has 1 aromatic rings. The van der Waals surface area contributed by atoms with E-state index in [1.165, 1.54) is 12.1 Å². The molecule has 0 aliphatic carbocycles. The van der Waals surface area contributed by atoms with Crippen LogP contribution in [-0.4, -0.2) is 7.05 Å². The fraction of sp³-hybridized carbons (Fsp3) is 0.500. The number of hydrogen-bond donors (Lipinski definition) is 1. The van der Waals surface area contributed by atoms with Crippen LogP contribution in [0.2, 0.25) is 0 Å². The lowest BCUT2D eigenvalue weighted by Gasteiger charge is -2.16. The van der Waals surface area contributed by atoms with E-state index < -0.39 is 11.6 Å². The second-order valence-electron chi connectivity index (χ2n) is 5.27. The van der Waals surface area contributed by atoms with Gasteiger partial charge in [0.1, 0.15) is 11.6 Å². The molecule has 0 saturated heterocycles. The van der Waals surface area contributed by atoms with Crippen molar-refractivity contribution in [1.82, 2.24) is 5.32 Å². The summed E-state index contributed by atoms with van der Waals surface area (Å²) in [5.41, 5.74) is 0.505. The quantitative estimate of drug-likeness (QED) is 0.750. The fourth-order valence-corrected chi connectivity index (χ4v) is 1.84. The Morgan fingerprint density at radius 2 is 1.89 bits per heavy atom. The van der Waals surface area contributed by atoms with E-state index in [-0.39, 0.29) is 6.04 Å². The molecule has 0 aliphatic rings. The molecule has 1 aromatic carbocycles. The summed E-state index contributed by atoms with van der Waals surface area (Å²) >= 11 is 0. The number of hydrogen-bond acceptors (Lipinski definition) is 1. The average molecular weight is 267 g/mol. The van der Waals surface area contributed by atoms with Crippen molar-refractivity contribution in [1.29, 1.82) is 0 Å². The third-order valence-electron chi connectivity index (χ3n) is 3.55. The van der Waals surface area contributed by atoms with E-state index in [4.69, 9.17) is 0 Å². The van der Waals surface area contributed by atoms with E-state index >= 15 is 0 Å². The molecule has 0 saturated carbocycles. The molecule has 3 heteroatoms. The van der Waals surface area contributed by atoms with Crippen molar-refractivity contribution in [2.45, 2.75) is 33.2 Å². The molecule has 2 unspecified atom stereocenters. The van der Waals surface area contributed by atoms with E-state index in [1.54, 1.807) is 7.05 Å². The zero-order chi connectivity index (χ0) is 14.4. The summed E-state index contributed by atoms with van der Waals surface area (Å²) in [6.45, 7) is 6.50. The summed E-state index contributed by atoms with van der Waals surface area (Å²) in [7, 11) is 1.78. The zero-order valence-corrected chi connectivity index (χ0v) is 12.1. The monoisotopic (exact) mass is 267 g/mol. The Bertz CT molecular complexity index is 427. The molecule has 2 atom stereocenters. The van der Waals surface area contributed by atoms with E-state index in [0.717, 1.165) is 6.07 Å². The minimum atomic E-state index is -0.542. The van der Waals surface area contributed by atoms with Gasteiger partial charge in [-0.3, -0.25) is 0 Å². The van der Waals surface area contributed by atoms with Gasteiger partial charge < -0.3 is 5.32 Å². The molecule has 19 heavy (non-hydrogen) atoms. The molecule has 0 radical (unpaired) electrons. The Kier molecular flexibility index (Phi) is 6.16. The predicted molar refractivity (Wildman–Crippen MR) is 75.9 cm³/mol. The molecule has 0 spiro atoms. The van der Waals surface area contributed by atoms with Crippen LogP contribution in [0.3, 0.4) is 0 Å². The molecule has 0 heterocycles. The van der Waals surface area contributed by atoms with Crippen LogP contribution in [0.15, 0.2) is 30.4 Å². The van der Waals surface area contributed by atoms with Crippen molar-refractivity contribution < 1.29 is 8.78 Å². The first-order valence-corrected chi connectivity index (χ1v) is 6.74. The highest BCUT2D eigenvalue weighted by Crippen LogP contribution is 2.22. The van der Waals surface area contributed by atoms with E-state index in [9.17, 15) is 8.78 Å². The Balaban J connectivity index is 2.73. The van der Waals surface area contributed by atoms with Crippen LogP contribution in [0.5, 0.6) is 0 Å². The van der Waals surface area contributed by atoms with Crippen molar-refractivity contribution in [3.8, 4) is 0 Å². The van der Waals surface area contributed by atoms with Gasteiger partial charge in [0.25, 0.3) is 0 Å². The first-order valence-electron chi connectivity index (χ1n) is 6.74. The Morgan fingerprint density at radius 3 is 2.42 bits per heavy atom. The highest BCUT2D eigenvalue weighted by molar-refractivity contribution is 5.22. The van der Waals surface area contributed by atoms with E-state index in [2.05, 4.69) is 38.2 Å². The van der Waals surface area contributed by atoms with Crippen molar-refractivity contribution in [2.24, 2.45) is 11.8 Å². The number of nitrogens with one attached hydrogen (secondary N) is 1. The molecule has 0 aromatic heterocycles. The molecule has 0 fully saturated rings. The third-order valence-corrected chi connectivity index (χ3v) is 3.55. The minimum absolute atomic E-state index is 0.129. The summed E-state index contributed by atoms with van der Waals surface area (Å²) in [5.74, 6) is 0.0483. The smallest absolute Gasteiger partial charge is 0.130 e. The lowest BCUT2D eigenvalue weighted by Crippen LogP contribution is -2.17. The second-order valence-corrected chi connectivity index (χ2v) is 5.27. The summed E-state index contributed by atoms with van der Waals surface area (Å²) in [6, 6.07) is 3.60. The zero-order valence-electron chi connectivity index (χ0n) is 12.1. The summed E-state index contributed by atoms with van der Waals surface area (Å²) in [6.07, 6.45) is 4.90. The largest absolute Gasteiger partial charge is 0.313 e. The molecule has 1 nitrogen and oxygen atoms in total. The van der Waals surface area contributed by atoms with Gasteiger partial charge in [0.05, 0.1) is 0 Å². The van der Waals surface area contributed by atoms with E-state index in [1.807, 2.05) is 0 Å². The van der Waals surface area contributed by atoms with Crippen LogP contribution in [0.25, 0.3) is 0 Å². The van der Waals surface area contributed by atoms with Gasteiger partial charge in [-0.15, -0.1) is 0 Å². The number of rotatable bonds is 6. The van der Waals surface area contributed by atoms with Crippen LogP contribution in [0, 0.1) is 23.5 Å². The van der Waals surface area contributed by atoms with Gasteiger partial charge in [0.15, 0.2) is 0 Å². The average Bonchev–Trinajstić information content (AvgIpc) is 2.35. The molecule has 106 valence electrons. The van der Waals surface area contributed by atoms with Crippen LogP contribution < -0.4 is 5.32 Å². The second kappa shape index (κ2) is 7.39. The van der Waals surface area contributed by atoms with Gasteiger partial charge in [-0.2, -0.15) is 0 Å². The maximum Gasteiger partial charge on any atom is 0.130 e. The molecular formula is C16H23F2N. The van der Waals surface area contributed by atoms with Crippen molar-refractivity contribution in [2.75, 3.05) is 7.05 Å². The minimum Gasteiger partial charge on any atom is -0.313 e. The van der Waals surface area contributed by atoms with Gasteiger partial charge >= 0.3 is 0 Å². The van der Waals surface area contributed by atoms with Gasteiger partial charge in [0, 0.05) is 17.7 Å². The lowest BCUT2D eigenvalue weighted by molar-refractivity contribution is 0.498. The highest BCUT2D eigenvalue weighted by atomic mass is 19.1. The Labute approximate surface area is 114 Å². The number of halogens is 2. The highest BCUT2D eigenvalue weighted by Gasteiger charge is 2.13. The van der Waals surface area contributed by atoms with Crippen molar-refractivity contribution in [3.63, 3.8) is 0 Å². The van der Waals surface area contributed by atoms with Crippen molar-refractivity contribution in [3.05, 3.63) is 47.5 Å². The molecule has 1 rings (SSSR count). The van der Waals surface area contributed by atoms with Crippen LogP contribution in [-0.2, 0) is 0 Å². The van der Waals surface area contributed by atoms with Crippen LogP contribution >= 0.6 is 0 Å². The topological polar surface area (TPSA) is 12.0 Å². The van der Waals surface area contributed by atoms with Gasteiger partial charge in [-0.25, -0.2) is 8.78 Å². The molecule has 0 amide bonds. The molecule has 1 N–H and O–H groups in total. The normalized spacial score (nSPS) is 15.1. The maximum atomic E-state index is 13.7.